The summed E-state index contributed by atoms with van der Waals surface area (Å²) in [4.78, 5) is 0. The number of nitrogens with two attached hydrogens (primary N) is 1. The molecule has 0 aliphatic heterocycles. The molecule has 2 aromatic carbocycles. The van der Waals surface area contributed by atoms with Crippen molar-refractivity contribution >= 4 is 5.69 Å². The first-order valence-electron chi connectivity index (χ1n) is 6.29. The summed E-state index contributed by atoms with van der Waals surface area (Å²) in [5.41, 5.74) is 9.93. The van der Waals surface area contributed by atoms with Crippen molar-refractivity contribution in [2.45, 2.75) is 6.92 Å². The molecule has 0 saturated heterocycles. The summed E-state index contributed by atoms with van der Waals surface area (Å²) in [6.07, 6.45) is 0. The van der Waals surface area contributed by atoms with Crippen LogP contribution in [0.15, 0.2) is 42.5 Å². The number of para-hydroxylation sites is 1. The molecule has 2 rings (SSSR count). The van der Waals surface area contributed by atoms with Crippen molar-refractivity contribution in [3.05, 3.63) is 48.0 Å². The summed E-state index contributed by atoms with van der Waals surface area (Å²) in [6.45, 7) is 3.17. The van der Waals surface area contributed by atoms with E-state index >= 15 is 0 Å². The van der Waals surface area contributed by atoms with Crippen LogP contribution in [0.3, 0.4) is 0 Å². The lowest BCUT2D eigenvalue weighted by atomic mass is 9.99. The number of ether oxygens (including phenoxy) is 2. The highest BCUT2D eigenvalue weighted by Crippen LogP contribution is 2.32. The lowest BCUT2D eigenvalue weighted by molar-refractivity contribution is 0.146. The maximum atomic E-state index is 5.79. The predicted octanol–water partition coefficient (Wildman–Crippen LogP) is 3.27. The number of methoxy groups -OCH3 is 1. The molecule has 0 saturated carbocycles. The summed E-state index contributed by atoms with van der Waals surface area (Å²) >= 11 is 0. The van der Waals surface area contributed by atoms with Gasteiger partial charge in [-0.15, -0.1) is 0 Å². The Morgan fingerprint density at radius 2 is 1.79 bits per heavy atom. The van der Waals surface area contributed by atoms with E-state index in [1.165, 1.54) is 0 Å². The lowest BCUT2D eigenvalue weighted by Crippen LogP contribution is -2.05. The molecule has 0 bridgehead atoms. The van der Waals surface area contributed by atoms with E-state index < -0.39 is 0 Å². The zero-order chi connectivity index (χ0) is 13.7. The van der Waals surface area contributed by atoms with Crippen molar-refractivity contribution < 1.29 is 9.47 Å². The highest BCUT2D eigenvalue weighted by molar-refractivity contribution is 5.74. The van der Waals surface area contributed by atoms with E-state index in [0.29, 0.717) is 13.2 Å². The summed E-state index contributed by atoms with van der Waals surface area (Å²) < 4.78 is 10.8. The first-order valence-corrected chi connectivity index (χ1v) is 6.29. The van der Waals surface area contributed by atoms with Gasteiger partial charge in [-0.05, 0) is 36.2 Å². The minimum absolute atomic E-state index is 0.543. The Hall–Kier alpha value is -2.00. The minimum atomic E-state index is 0.543. The van der Waals surface area contributed by atoms with Gasteiger partial charge in [-0.1, -0.05) is 24.3 Å². The minimum Gasteiger partial charge on any atom is -0.491 e. The highest BCUT2D eigenvalue weighted by Gasteiger charge is 2.08. The van der Waals surface area contributed by atoms with Gasteiger partial charge in [-0.25, -0.2) is 0 Å². The second kappa shape index (κ2) is 6.25. The van der Waals surface area contributed by atoms with Gasteiger partial charge in [0.1, 0.15) is 12.4 Å². The molecule has 2 aromatic rings. The van der Waals surface area contributed by atoms with Crippen LogP contribution in [0.4, 0.5) is 5.69 Å². The molecular weight excluding hydrogens is 238 g/mol. The molecule has 0 atom stereocenters. The Morgan fingerprint density at radius 1 is 1.00 bits per heavy atom. The molecule has 0 fully saturated rings. The molecule has 0 spiro atoms. The number of rotatable bonds is 5. The third-order valence-electron chi connectivity index (χ3n) is 2.97. The molecule has 0 heterocycles. The molecule has 0 aromatic heterocycles. The van der Waals surface area contributed by atoms with E-state index in [9.17, 15) is 0 Å². The lowest BCUT2D eigenvalue weighted by Gasteiger charge is -2.13. The second-order valence-electron chi connectivity index (χ2n) is 4.41. The van der Waals surface area contributed by atoms with E-state index in [1.54, 1.807) is 7.11 Å². The number of anilines is 1. The Morgan fingerprint density at radius 3 is 2.53 bits per heavy atom. The van der Waals surface area contributed by atoms with Crippen molar-refractivity contribution in [3.8, 4) is 16.9 Å². The van der Waals surface area contributed by atoms with Gasteiger partial charge >= 0.3 is 0 Å². The van der Waals surface area contributed by atoms with E-state index in [-0.39, 0.29) is 0 Å². The smallest absolute Gasteiger partial charge is 0.127 e. The Labute approximate surface area is 114 Å². The molecule has 3 heteroatoms. The SMILES string of the molecule is COCCOc1ccccc1-c1ccc(N)cc1C. The van der Waals surface area contributed by atoms with Gasteiger partial charge in [-0.3, -0.25) is 0 Å². The number of aryl methyl sites for hydroxylation is 1. The van der Waals surface area contributed by atoms with Gasteiger partial charge in [0.25, 0.3) is 0 Å². The number of nitrogen functional groups attached to an aromatic ring is 1. The molecular formula is C16H19NO2. The first kappa shape index (κ1) is 13.4. The van der Waals surface area contributed by atoms with Crippen molar-refractivity contribution in [2.24, 2.45) is 0 Å². The van der Waals surface area contributed by atoms with Crippen molar-refractivity contribution in [3.63, 3.8) is 0 Å². The number of benzene rings is 2. The van der Waals surface area contributed by atoms with Gasteiger partial charge in [0.15, 0.2) is 0 Å². The maximum Gasteiger partial charge on any atom is 0.127 e. The molecule has 2 N–H and O–H groups in total. The van der Waals surface area contributed by atoms with Gasteiger partial charge in [-0.2, -0.15) is 0 Å². The van der Waals surface area contributed by atoms with Gasteiger partial charge in [0, 0.05) is 18.4 Å². The van der Waals surface area contributed by atoms with E-state index in [0.717, 1.165) is 28.1 Å². The van der Waals surface area contributed by atoms with Crippen LogP contribution in [0.1, 0.15) is 5.56 Å². The predicted molar refractivity (Wildman–Crippen MR) is 78.4 cm³/mol. The molecule has 3 nitrogen and oxygen atoms in total. The zero-order valence-electron chi connectivity index (χ0n) is 11.3. The summed E-state index contributed by atoms with van der Waals surface area (Å²) in [5.74, 6) is 0.868. The maximum absolute atomic E-state index is 5.79. The highest BCUT2D eigenvalue weighted by atomic mass is 16.5. The third-order valence-corrected chi connectivity index (χ3v) is 2.97. The molecule has 0 aliphatic rings. The van der Waals surface area contributed by atoms with E-state index in [2.05, 4.69) is 13.0 Å². The fraction of sp³-hybridized carbons (Fsp3) is 0.250. The van der Waals surface area contributed by atoms with Crippen LogP contribution in [0, 0.1) is 6.92 Å². The largest absolute Gasteiger partial charge is 0.491 e. The quantitative estimate of drug-likeness (QED) is 0.660. The van der Waals surface area contributed by atoms with Crippen LogP contribution >= 0.6 is 0 Å². The molecule has 0 unspecified atom stereocenters. The van der Waals surface area contributed by atoms with Crippen LogP contribution in [-0.2, 0) is 4.74 Å². The van der Waals surface area contributed by atoms with Crippen LogP contribution in [0.25, 0.3) is 11.1 Å². The second-order valence-corrected chi connectivity index (χ2v) is 4.41. The summed E-state index contributed by atoms with van der Waals surface area (Å²) in [5, 5.41) is 0. The fourth-order valence-corrected chi connectivity index (χ4v) is 2.04. The monoisotopic (exact) mass is 257 g/mol. The average molecular weight is 257 g/mol. The van der Waals surface area contributed by atoms with E-state index in [4.69, 9.17) is 15.2 Å². The Kier molecular flexibility index (Phi) is 4.42. The number of hydrogen-bond acceptors (Lipinski definition) is 3. The first-order chi connectivity index (χ1) is 9.22. The van der Waals surface area contributed by atoms with Crippen molar-refractivity contribution in [1.82, 2.24) is 0 Å². The van der Waals surface area contributed by atoms with Crippen molar-refractivity contribution in [1.29, 1.82) is 0 Å². The molecule has 100 valence electrons. The van der Waals surface area contributed by atoms with Gasteiger partial charge < -0.3 is 15.2 Å². The number of hydrogen-bond donors (Lipinski definition) is 1. The Bertz CT molecular complexity index is 552. The zero-order valence-corrected chi connectivity index (χ0v) is 11.3. The van der Waals surface area contributed by atoms with Gasteiger partial charge in [0.05, 0.1) is 6.61 Å². The Balaban J connectivity index is 2.33. The molecule has 0 radical (unpaired) electrons. The van der Waals surface area contributed by atoms with Crippen LogP contribution in [0.5, 0.6) is 5.75 Å². The molecule has 0 aliphatic carbocycles. The van der Waals surface area contributed by atoms with Crippen LogP contribution < -0.4 is 10.5 Å². The van der Waals surface area contributed by atoms with E-state index in [1.807, 2.05) is 36.4 Å². The van der Waals surface area contributed by atoms with Crippen molar-refractivity contribution in [2.75, 3.05) is 26.1 Å². The topological polar surface area (TPSA) is 44.5 Å². The van der Waals surface area contributed by atoms with Gasteiger partial charge in [0.2, 0.25) is 0 Å². The third kappa shape index (κ3) is 3.26. The van der Waals surface area contributed by atoms with Crippen LogP contribution in [0.2, 0.25) is 0 Å². The summed E-state index contributed by atoms with van der Waals surface area (Å²) in [6, 6.07) is 13.9. The summed E-state index contributed by atoms with van der Waals surface area (Å²) in [7, 11) is 1.67. The fourth-order valence-electron chi connectivity index (χ4n) is 2.04. The average Bonchev–Trinajstić information content (AvgIpc) is 2.40. The van der Waals surface area contributed by atoms with Crippen LogP contribution in [-0.4, -0.2) is 20.3 Å². The molecule has 19 heavy (non-hydrogen) atoms. The standard InChI is InChI=1S/C16H19NO2/c1-12-11-13(17)7-8-14(12)15-5-3-4-6-16(15)19-10-9-18-2/h3-8,11H,9-10,17H2,1-2H3. The normalized spacial score (nSPS) is 10.4. The molecule has 0 amide bonds.